The van der Waals surface area contributed by atoms with Crippen LogP contribution in [0.3, 0.4) is 0 Å². The van der Waals surface area contributed by atoms with E-state index in [1.54, 1.807) is 0 Å². The normalized spacial score (nSPS) is 13.2. The van der Waals surface area contributed by atoms with E-state index < -0.39 is 0 Å². The van der Waals surface area contributed by atoms with Gasteiger partial charge < -0.3 is 9.47 Å². The van der Waals surface area contributed by atoms with Crippen LogP contribution in [0.4, 0.5) is 17.1 Å². The Hall–Kier alpha value is -7.42. The molecule has 2 nitrogen and oxygen atoms in total. The third-order valence-electron chi connectivity index (χ3n) is 11.8. The summed E-state index contributed by atoms with van der Waals surface area (Å²) < 4.78 is 2.30. The summed E-state index contributed by atoms with van der Waals surface area (Å²) in [5.41, 5.74) is 16.8. The van der Waals surface area contributed by atoms with Gasteiger partial charge >= 0.3 is 0 Å². The van der Waals surface area contributed by atoms with Gasteiger partial charge in [0.15, 0.2) is 0 Å². The van der Waals surface area contributed by atoms with Crippen molar-refractivity contribution in [3.8, 4) is 11.1 Å². The van der Waals surface area contributed by atoms with Gasteiger partial charge in [-0.15, -0.1) is 0 Å². The molecule has 0 N–H and O–H groups in total. The van der Waals surface area contributed by atoms with Crippen LogP contribution in [0.2, 0.25) is 0 Å². The fourth-order valence-electron chi connectivity index (χ4n) is 8.69. The Morgan fingerprint density at radius 2 is 0.780 bits per heavy atom. The van der Waals surface area contributed by atoms with Crippen LogP contribution in [-0.2, 0) is 5.41 Å². The van der Waals surface area contributed by atoms with Crippen LogP contribution < -0.4 is 4.90 Å². The summed E-state index contributed by atoms with van der Waals surface area (Å²) >= 11 is 0. The average Bonchev–Trinajstić information content (AvgIpc) is 3.73. The highest BCUT2D eigenvalue weighted by Gasteiger charge is 2.36. The highest BCUT2D eigenvalue weighted by atomic mass is 15.1. The number of nitrogens with zero attached hydrogens (tertiary/aromatic N) is 2. The zero-order valence-corrected chi connectivity index (χ0v) is 33.3. The van der Waals surface area contributed by atoms with Crippen LogP contribution >= 0.6 is 0 Å². The number of fused-ring (bicyclic) bond motifs is 6. The minimum Gasteiger partial charge on any atom is -0.316 e. The van der Waals surface area contributed by atoms with Gasteiger partial charge in [-0.25, -0.2) is 0 Å². The molecule has 0 radical (unpaired) electrons. The maximum Gasteiger partial charge on any atom is 0.0534 e. The van der Waals surface area contributed by atoms with Crippen molar-refractivity contribution in [1.29, 1.82) is 0 Å². The molecule has 0 unspecified atom stereocenters. The molecular weight excluding hydrogens is 713 g/mol. The Morgan fingerprint density at radius 3 is 1.34 bits per heavy atom. The van der Waals surface area contributed by atoms with Crippen molar-refractivity contribution in [3.63, 3.8) is 0 Å². The lowest BCUT2D eigenvalue weighted by Crippen LogP contribution is -2.16. The fraction of sp³-hybridized carbons (Fsp3) is 0.0526. The fourth-order valence-corrected chi connectivity index (χ4v) is 8.69. The molecule has 0 amide bonds. The first-order valence-electron chi connectivity index (χ1n) is 20.4. The van der Waals surface area contributed by atoms with E-state index >= 15 is 0 Å². The molecule has 1 aliphatic rings. The standard InChI is InChI=1S/C57H44N2/c1-57(2)53-39-45(24-23-42-15-7-4-8-16-42)29-35-49(53)50-36-34-48(40-54(50)57)59(46-30-25-43(26-31-46)22-21-41-13-5-3-6-14-41)47-32-27-44(28-33-47)37-38-58-55-19-11-9-17-51(55)52-18-10-12-20-56(52)58/h3-40H,1-2H3. The van der Waals surface area contributed by atoms with Gasteiger partial charge in [-0.3, -0.25) is 0 Å². The van der Waals surface area contributed by atoms with Crippen molar-refractivity contribution in [2.75, 3.05) is 4.90 Å². The molecule has 0 saturated carbocycles. The summed E-state index contributed by atoms with van der Waals surface area (Å²) in [6.07, 6.45) is 13.2. The average molecular weight is 757 g/mol. The van der Waals surface area contributed by atoms with Gasteiger partial charge in [0.25, 0.3) is 0 Å². The molecule has 0 saturated heterocycles. The van der Waals surface area contributed by atoms with Gasteiger partial charge in [0.05, 0.1) is 11.0 Å². The van der Waals surface area contributed by atoms with Crippen LogP contribution in [0, 0.1) is 0 Å². The molecule has 1 heterocycles. The predicted molar refractivity (Wildman–Crippen MR) is 254 cm³/mol. The first-order chi connectivity index (χ1) is 29.0. The SMILES string of the molecule is CC1(C)c2cc(C=Cc3ccccc3)ccc2-c2ccc(N(c3ccc(C=Cc4ccccc4)cc3)c3ccc(C=Cn4c5ccccc5c5ccccc54)cc3)cc21. The summed E-state index contributed by atoms with van der Waals surface area (Å²) in [4.78, 5) is 2.39. The second-order valence-corrected chi connectivity index (χ2v) is 15.9. The number of hydrogen-bond acceptors (Lipinski definition) is 1. The zero-order chi connectivity index (χ0) is 39.8. The van der Waals surface area contributed by atoms with Crippen LogP contribution in [0.15, 0.2) is 194 Å². The summed E-state index contributed by atoms with van der Waals surface area (Å²) in [6, 6.07) is 70.0. The van der Waals surface area contributed by atoms with Crippen LogP contribution in [0.5, 0.6) is 0 Å². The summed E-state index contributed by atoms with van der Waals surface area (Å²) in [7, 11) is 0. The maximum atomic E-state index is 2.41. The van der Waals surface area contributed by atoms with E-state index in [1.165, 1.54) is 60.8 Å². The molecule has 0 fully saturated rings. The minimum atomic E-state index is -0.170. The number of anilines is 3. The lowest BCUT2D eigenvalue weighted by atomic mass is 9.81. The summed E-state index contributed by atoms with van der Waals surface area (Å²) in [6.45, 7) is 4.73. The van der Waals surface area contributed by atoms with Crippen molar-refractivity contribution in [3.05, 3.63) is 233 Å². The second-order valence-electron chi connectivity index (χ2n) is 15.9. The smallest absolute Gasteiger partial charge is 0.0534 e. The van der Waals surface area contributed by atoms with Gasteiger partial charge in [-0.2, -0.15) is 0 Å². The second kappa shape index (κ2) is 15.2. The van der Waals surface area contributed by atoms with Gasteiger partial charge in [-0.1, -0.05) is 184 Å². The molecule has 0 atom stereocenters. The van der Waals surface area contributed by atoms with Gasteiger partial charge in [0.2, 0.25) is 0 Å². The first-order valence-corrected chi connectivity index (χ1v) is 20.4. The first kappa shape index (κ1) is 36.0. The third-order valence-corrected chi connectivity index (χ3v) is 11.8. The van der Waals surface area contributed by atoms with E-state index in [1.807, 2.05) is 0 Å². The summed E-state index contributed by atoms with van der Waals surface area (Å²) in [5, 5.41) is 2.53. The largest absolute Gasteiger partial charge is 0.316 e. The van der Waals surface area contributed by atoms with Crippen molar-refractivity contribution < 1.29 is 0 Å². The lowest BCUT2D eigenvalue weighted by Gasteiger charge is -2.28. The molecule has 0 aliphatic heterocycles. The molecule has 0 bridgehead atoms. The number of benzene rings is 8. The highest BCUT2D eigenvalue weighted by molar-refractivity contribution is 6.09. The number of aromatic nitrogens is 1. The third kappa shape index (κ3) is 6.89. The monoisotopic (exact) mass is 756 g/mol. The molecule has 1 aliphatic carbocycles. The summed E-state index contributed by atoms with van der Waals surface area (Å²) in [5.74, 6) is 0. The van der Waals surface area contributed by atoms with E-state index in [9.17, 15) is 0 Å². The molecule has 8 aromatic carbocycles. The molecular formula is C57H44N2. The van der Waals surface area contributed by atoms with Crippen LogP contribution in [-0.4, -0.2) is 4.57 Å². The Labute approximate surface area is 347 Å². The Morgan fingerprint density at radius 1 is 0.373 bits per heavy atom. The molecule has 282 valence electrons. The number of hydrogen-bond donors (Lipinski definition) is 0. The van der Waals surface area contributed by atoms with E-state index in [0.717, 1.165) is 28.2 Å². The molecule has 0 spiro atoms. The Balaban J connectivity index is 1.00. The number of rotatable bonds is 9. The topological polar surface area (TPSA) is 8.17 Å². The predicted octanol–water partition coefficient (Wildman–Crippen LogP) is 15.5. The Bertz CT molecular complexity index is 2980. The van der Waals surface area contributed by atoms with Gasteiger partial charge in [0, 0.05) is 39.4 Å². The molecule has 2 heteroatoms. The van der Waals surface area contributed by atoms with E-state index in [-0.39, 0.29) is 5.41 Å². The van der Waals surface area contributed by atoms with Gasteiger partial charge in [0.1, 0.15) is 0 Å². The van der Waals surface area contributed by atoms with E-state index in [2.05, 4.69) is 254 Å². The lowest BCUT2D eigenvalue weighted by molar-refractivity contribution is 0.660. The quantitative estimate of drug-likeness (QED) is 0.133. The molecule has 9 aromatic rings. The number of para-hydroxylation sites is 2. The maximum absolute atomic E-state index is 2.41. The van der Waals surface area contributed by atoms with Crippen molar-refractivity contribution in [1.82, 2.24) is 4.57 Å². The van der Waals surface area contributed by atoms with Crippen LogP contribution in [0.1, 0.15) is 52.8 Å². The van der Waals surface area contributed by atoms with Crippen molar-refractivity contribution >= 4 is 75.4 Å². The van der Waals surface area contributed by atoms with E-state index in [0.29, 0.717) is 0 Å². The highest BCUT2D eigenvalue weighted by Crippen LogP contribution is 2.51. The zero-order valence-electron chi connectivity index (χ0n) is 33.3. The Kier molecular flexibility index (Phi) is 9.24. The van der Waals surface area contributed by atoms with Crippen LogP contribution in [0.25, 0.3) is 69.5 Å². The molecule has 59 heavy (non-hydrogen) atoms. The van der Waals surface area contributed by atoms with E-state index in [4.69, 9.17) is 0 Å². The van der Waals surface area contributed by atoms with Crippen molar-refractivity contribution in [2.45, 2.75) is 19.3 Å². The minimum absolute atomic E-state index is 0.170. The molecule has 10 rings (SSSR count). The van der Waals surface area contributed by atoms with Gasteiger partial charge in [-0.05, 0) is 105 Å². The molecule has 1 aromatic heterocycles. The van der Waals surface area contributed by atoms with Crippen molar-refractivity contribution in [2.24, 2.45) is 0 Å².